The second kappa shape index (κ2) is 8.01. The van der Waals surface area contributed by atoms with Crippen LogP contribution in [0.4, 0.5) is 0 Å². The molecule has 1 aromatic carbocycles. The number of aromatic nitrogens is 2. The number of piperidine rings is 1. The van der Waals surface area contributed by atoms with Crippen LogP contribution < -0.4 is 9.47 Å². The Morgan fingerprint density at radius 3 is 2.73 bits per heavy atom. The summed E-state index contributed by atoms with van der Waals surface area (Å²) in [5.41, 5.74) is 0.798. The lowest BCUT2D eigenvalue weighted by molar-refractivity contribution is 0.171. The zero-order valence-corrected chi connectivity index (χ0v) is 15.8. The van der Waals surface area contributed by atoms with Crippen molar-refractivity contribution in [2.24, 2.45) is 5.92 Å². The fourth-order valence-electron chi connectivity index (χ4n) is 3.09. The molecule has 0 radical (unpaired) electrons. The molecular weight excluding hydrogens is 354 g/mol. The van der Waals surface area contributed by atoms with Crippen LogP contribution in [0.15, 0.2) is 41.6 Å². The highest BCUT2D eigenvalue weighted by Gasteiger charge is 2.31. The largest absolute Gasteiger partial charge is 0.496 e. The summed E-state index contributed by atoms with van der Waals surface area (Å²) in [5, 5.41) is 0. The molecule has 0 spiro atoms. The summed E-state index contributed by atoms with van der Waals surface area (Å²) in [6, 6.07) is 6.99. The third kappa shape index (κ3) is 4.13. The van der Waals surface area contributed by atoms with E-state index in [0.717, 1.165) is 18.4 Å². The van der Waals surface area contributed by atoms with Crippen LogP contribution in [0.5, 0.6) is 11.8 Å². The van der Waals surface area contributed by atoms with Crippen molar-refractivity contribution in [3.63, 3.8) is 0 Å². The Morgan fingerprint density at radius 1 is 1.27 bits per heavy atom. The highest BCUT2D eigenvalue weighted by molar-refractivity contribution is 7.89. The Bertz CT molecular complexity index is 843. The van der Waals surface area contributed by atoms with E-state index in [0.29, 0.717) is 36.4 Å². The highest BCUT2D eigenvalue weighted by atomic mass is 32.2. The van der Waals surface area contributed by atoms with Gasteiger partial charge < -0.3 is 9.47 Å². The molecule has 2 aromatic rings. The molecule has 1 aromatic heterocycles. The molecule has 0 bridgehead atoms. The first-order valence-corrected chi connectivity index (χ1v) is 9.99. The van der Waals surface area contributed by atoms with E-state index in [4.69, 9.17) is 9.47 Å². The van der Waals surface area contributed by atoms with Crippen LogP contribution in [-0.4, -0.2) is 49.5 Å². The van der Waals surface area contributed by atoms with Crippen molar-refractivity contribution >= 4 is 10.0 Å². The first-order valence-electron chi connectivity index (χ1n) is 8.55. The van der Waals surface area contributed by atoms with Gasteiger partial charge in [-0.2, -0.15) is 4.31 Å². The van der Waals surface area contributed by atoms with Crippen molar-refractivity contribution in [3.8, 4) is 11.8 Å². The summed E-state index contributed by atoms with van der Waals surface area (Å²) in [6.07, 6.45) is 4.95. The molecule has 140 valence electrons. The van der Waals surface area contributed by atoms with Crippen LogP contribution in [0, 0.1) is 12.8 Å². The molecule has 1 unspecified atom stereocenters. The fraction of sp³-hybridized carbons (Fsp3) is 0.444. The molecule has 1 atom stereocenters. The normalized spacial score (nSPS) is 18.5. The average molecular weight is 377 g/mol. The zero-order chi connectivity index (χ0) is 18.6. The van der Waals surface area contributed by atoms with E-state index in [2.05, 4.69) is 9.97 Å². The number of benzene rings is 1. The second-order valence-corrected chi connectivity index (χ2v) is 8.28. The lowest BCUT2D eigenvalue weighted by Crippen LogP contribution is -2.41. The van der Waals surface area contributed by atoms with Crippen LogP contribution in [-0.2, 0) is 10.0 Å². The Morgan fingerprint density at radius 2 is 2.04 bits per heavy atom. The van der Waals surface area contributed by atoms with Crippen molar-refractivity contribution in [1.29, 1.82) is 0 Å². The highest BCUT2D eigenvalue weighted by Crippen LogP contribution is 2.27. The quantitative estimate of drug-likeness (QED) is 0.768. The zero-order valence-electron chi connectivity index (χ0n) is 15.0. The van der Waals surface area contributed by atoms with E-state index in [-0.39, 0.29) is 5.92 Å². The summed E-state index contributed by atoms with van der Waals surface area (Å²) in [7, 11) is -1.96. The smallest absolute Gasteiger partial charge is 0.316 e. The number of hydrogen-bond acceptors (Lipinski definition) is 6. The van der Waals surface area contributed by atoms with Gasteiger partial charge in [-0.1, -0.05) is 0 Å². The van der Waals surface area contributed by atoms with Crippen molar-refractivity contribution in [3.05, 3.63) is 42.2 Å². The minimum atomic E-state index is -3.53. The first-order chi connectivity index (χ1) is 12.5. The Balaban J connectivity index is 1.68. The standard InChI is InChI=1S/C18H23N3O4S/c1-14-11-16(6-7-17(14)24-2)26(22,23)21-10-3-5-15(12-21)13-25-18-19-8-4-9-20-18/h4,6-9,11,15H,3,5,10,12-13H2,1-2H3. The van der Waals surface area contributed by atoms with Crippen LogP contribution in [0.2, 0.25) is 0 Å². The molecule has 0 aliphatic carbocycles. The predicted octanol–water partition coefficient (Wildman–Crippen LogP) is 2.27. The summed E-state index contributed by atoms with van der Waals surface area (Å²) < 4.78 is 38.3. The van der Waals surface area contributed by atoms with Crippen LogP contribution in [0.3, 0.4) is 0 Å². The first kappa shape index (κ1) is 18.6. The maximum Gasteiger partial charge on any atom is 0.316 e. The average Bonchev–Trinajstić information content (AvgIpc) is 2.67. The number of aryl methyl sites for hydroxylation is 1. The Hall–Kier alpha value is -2.19. The van der Waals surface area contributed by atoms with Gasteiger partial charge in [0.1, 0.15) is 5.75 Å². The van der Waals surface area contributed by atoms with E-state index in [1.165, 1.54) is 4.31 Å². The summed E-state index contributed by atoms with van der Waals surface area (Å²) in [4.78, 5) is 8.35. The van der Waals surface area contributed by atoms with Gasteiger partial charge in [-0.3, -0.25) is 0 Å². The number of sulfonamides is 1. The van der Waals surface area contributed by atoms with Crippen LogP contribution >= 0.6 is 0 Å². The molecule has 0 saturated carbocycles. The lowest BCUT2D eigenvalue weighted by atomic mass is 10.0. The van der Waals surface area contributed by atoms with Crippen LogP contribution in [0.25, 0.3) is 0 Å². The second-order valence-electron chi connectivity index (χ2n) is 6.35. The maximum atomic E-state index is 13.0. The molecule has 2 heterocycles. The molecule has 1 saturated heterocycles. The summed E-state index contributed by atoms with van der Waals surface area (Å²) >= 11 is 0. The molecule has 8 heteroatoms. The van der Waals surface area contributed by atoms with Gasteiger partial charge >= 0.3 is 6.01 Å². The minimum Gasteiger partial charge on any atom is -0.496 e. The van der Waals surface area contributed by atoms with Gasteiger partial charge in [-0.15, -0.1) is 0 Å². The van der Waals surface area contributed by atoms with Gasteiger partial charge in [-0.05, 0) is 49.6 Å². The third-order valence-electron chi connectivity index (χ3n) is 4.48. The monoisotopic (exact) mass is 377 g/mol. The van der Waals surface area contributed by atoms with Gasteiger partial charge in [0.2, 0.25) is 10.0 Å². The number of rotatable bonds is 6. The SMILES string of the molecule is COc1ccc(S(=O)(=O)N2CCCC(COc3ncccn3)C2)cc1C. The molecule has 1 aliphatic heterocycles. The van der Waals surface area contributed by atoms with E-state index in [1.807, 2.05) is 6.92 Å². The van der Waals surface area contributed by atoms with Gasteiger partial charge in [0, 0.05) is 31.4 Å². The third-order valence-corrected chi connectivity index (χ3v) is 6.34. The summed E-state index contributed by atoms with van der Waals surface area (Å²) in [5.74, 6) is 0.790. The van der Waals surface area contributed by atoms with E-state index < -0.39 is 10.0 Å². The molecule has 7 nitrogen and oxygen atoms in total. The molecule has 26 heavy (non-hydrogen) atoms. The van der Waals surface area contributed by atoms with Crippen LogP contribution in [0.1, 0.15) is 18.4 Å². The van der Waals surface area contributed by atoms with Gasteiger partial charge in [0.25, 0.3) is 0 Å². The number of methoxy groups -OCH3 is 1. The Labute approximate surface area is 154 Å². The van der Waals surface area contributed by atoms with Gasteiger partial charge in [-0.25, -0.2) is 18.4 Å². The minimum absolute atomic E-state index is 0.113. The molecule has 0 N–H and O–H groups in total. The maximum absolute atomic E-state index is 13.0. The molecule has 3 rings (SSSR count). The summed E-state index contributed by atoms with van der Waals surface area (Å²) in [6.45, 7) is 3.19. The molecule has 1 aliphatic rings. The van der Waals surface area contributed by atoms with Gasteiger partial charge in [0.05, 0.1) is 18.6 Å². The topological polar surface area (TPSA) is 81.6 Å². The number of ether oxygens (including phenoxy) is 2. The molecular formula is C18H23N3O4S. The number of hydrogen-bond donors (Lipinski definition) is 0. The van der Waals surface area contributed by atoms with Crippen molar-refractivity contribution in [2.45, 2.75) is 24.7 Å². The number of nitrogens with zero attached hydrogens (tertiary/aromatic N) is 3. The van der Waals surface area contributed by atoms with Crippen molar-refractivity contribution < 1.29 is 17.9 Å². The predicted molar refractivity (Wildman–Crippen MR) is 96.7 cm³/mol. The van der Waals surface area contributed by atoms with E-state index >= 15 is 0 Å². The van der Waals surface area contributed by atoms with Gasteiger partial charge in [0.15, 0.2) is 0 Å². The van der Waals surface area contributed by atoms with Crippen molar-refractivity contribution in [2.75, 3.05) is 26.8 Å². The Kier molecular flexibility index (Phi) is 5.73. The lowest BCUT2D eigenvalue weighted by Gasteiger charge is -2.31. The molecule has 0 amide bonds. The van der Waals surface area contributed by atoms with E-state index in [1.54, 1.807) is 43.8 Å². The molecule has 1 fully saturated rings. The fourth-order valence-corrected chi connectivity index (χ4v) is 4.73. The van der Waals surface area contributed by atoms with Crippen molar-refractivity contribution in [1.82, 2.24) is 14.3 Å². The van der Waals surface area contributed by atoms with E-state index in [9.17, 15) is 8.42 Å².